The van der Waals surface area contributed by atoms with Crippen molar-refractivity contribution in [2.24, 2.45) is 0 Å². The van der Waals surface area contributed by atoms with Gasteiger partial charge in [0.15, 0.2) is 12.4 Å². The Labute approximate surface area is 207 Å². The van der Waals surface area contributed by atoms with E-state index in [1.54, 1.807) is 0 Å². The molecule has 1 aromatic heterocycles. The molecular formula is C30H54ClN. The molecule has 0 aromatic carbocycles. The Morgan fingerprint density at radius 3 is 1.53 bits per heavy atom. The maximum Gasteiger partial charge on any atom is 0.169 e. The van der Waals surface area contributed by atoms with Crippen LogP contribution in [0.5, 0.6) is 0 Å². The van der Waals surface area contributed by atoms with E-state index in [-0.39, 0.29) is 12.4 Å². The van der Waals surface area contributed by atoms with Gasteiger partial charge in [-0.3, -0.25) is 0 Å². The number of allylic oxidation sites excluding steroid dienone is 2. The average molecular weight is 464 g/mol. The molecule has 0 spiro atoms. The van der Waals surface area contributed by atoms with Crippen molar-refractivity contribution in [2.75, 3.05) is 0 Å². The number of pyridine rings is 1. The predicted octanol–water partition coefficient (Wildman–Crippen LogP) is 6.53. The molecule has 0 bridgehead atoms. The Bertz CT molecular complexity index is 508. The summed E-state index contributed by atoms with van der Waals surface area (Å²) in [6.07, 6.45) is 36.9. The van der Waals surface area contributed by atoms with Crippen LogP contribution in [0.4, 0.5) is 0 Å². The third kappa shape index (κ3) is 19.8. The zero-order valence-corrected chi connectivity index (χ0v) is 22.4. The van der Waals surface area contributed by atoms with Crippen LogP contribution >= 0.6 is 0 Å². The molecule has 1 aromatic rings. The Hall–Kier alpha value is -0.820. The second-order valence-corrected chi connectivity index (χ2v) is 9.55. The third-order valence-corrected chi connectivity index (χ3v) is 6.46. The zero-order chi connectivity index (χ0) is 22.2. The van der Waals surface area contributed by atoms with E-state index >= 15 is 0 Å². The Balaban J connectivity index is 0.00000961. The molecule has 0 N–H and O–H groups in total. The first-order chi connectivity index (χ1) is 15.4. The number of aryl methyl sites for hydroxylation is 2. The van der Waals surface area contributed by atoms with E-state index in [0.29, 0.717) is 0 Å². The molecular weight excluding hydrogens is 410 g/mol. The molecule has 0 fully saturated rings. The fraction of sp³-hybridized carbons (Fsp3) is 0.767. The van der Waals surface area contributed by atoms with Crippen LogP contribution in [-0.2, 0) is 13.0 Å². The van der Waals surface area contributed by atoms with E-state index in [2.05, 4.69) is 55.1 Å². The van der Waals surface area contributed by atoms with E-state index in [1.165, 1.54) is 141 Å². The normalized spacial score (nSPS) is 11.2. The van der Waals surface area contributed by atoms with Gasteiger partial charge in [0, 0.05) is 18.6 Å². The van der Waals surface area contributed by atoms with Crippen molar-refractivity contribution in [1.82, 2.24) is 0 Å². The molecule has 0 aliphatic carbocycles. The minimum absolute atomic E-state index is 0. The van der Waals surface area contributed by atoms with Crippen molar-refractivity contribution in [3.63, 3.8) is 0 Å². The summed E-state index contributed by atoms with van der Waals surface area (Å²) in [5.74, 6) is 0. The molecule has 0 aliphatic heterocycles. The van der Waals surface area contributed by atoms with Crippen LogP contribution in [-0.4, -0.2) is 0 Å². The van der Waals surface area contributed by atoms with Gasteiger partial charge in [0.25, 0.3) is 0 Å². The number of hydrogen-bond acceptors (Lipinski definition) is 0. The Morgan fingerprint density at radius 1 is 0.562 bits per heavy atom. The lowest BCUT2D eigenvalue weighted by atomic mass is 10.1. The molecule has 0 saturated carbocycles. The number of aromatic nitrogens is 1. The highest BCUT2D eigenvalue weighted by atomic mass is 35.5. The van der Waals surface area contributed by atoms with Crippen molar-refractivity contribution in [1.29, 1.82) is 0 Å². The molecule has 0 amide bonds. The first kappa shape index (κ1) is 31.2. The van der Waals surface area contributed by atoms with Crippen LogP contribution in [0.15, 0.2) is 36.7 Å². The molecule has 1 heterocycles. The van der Waals surface area contributed by atoms with Gasteiger partial charge in [-0.1, -0.05) is 103 Å². The molecule has 0 unspecified atom stereocenters. The Kier molecular flexibility index (Phi) is 24.2. The van der Waals surface area contributed by atoms with E-state index < -0.39 is 0 Å². The number of unbranched alkanes of at least 4 members (excludes halogenated alkanes) is 16. The molecule has 0 aliphatic rings. The summed E-state index contributed by atoms with van der Waals surface area (Å²) in [6.45, 7) is 5.75. The summed E-state index contributed by atoms with van der Waals surface area (Å²) < 4.78 is 2.37. The van der Waals surface area contributed by atoms with Crippen molar-refractivity contribution >= 4 is 0 Å². The highest BCUT2D eigenvalue weighted by Gasteiger charge is 2.01. The van der Waals surface area contributed by atoms with E-state index in [0.717, 1.165) is 0 Å². The lowest BCUT2D eigenvalue weighted by molar-refractivity contribution is -0.697. The maximum atomic E-state index is 2.43. The van der Waals surface area contributed by atoms with Crippen molar-refractivity contribution in [2.45, 2.75) is 149 Å². The van der Waals surface area contributed by atoms with Crippen molar-refractivity contribution in [3.05, 3.63) is 42.2 Å². The molecule has 1 rings (SSSR count). The van der Waals surface area contributed by atoms with Crippen LogP contribution < -0.4 is 17.0 Å². The number of halogens is 1. The van der Waals surface area contributed by atoms with Gasteiger partial charge >= 0.3 is 0 Å². The van der Waals surface area contributed by atoms with E-state index in [1.807, 2.05) is 0 Å². The van der Waals surface area contributed by atoms with Gasteiger partial charge in [0.1, 0.15) is 6.54 Å². The van der Waals surface area contributed by atoms with Crippen LogP contribution in [0.2, 0.25) is 0 Å². The van der Waals surface area contributed by atoms with E-state index in [9.17, 15) is 0 Å². The minimum atomic E-state index is 0. The topological polar surface area (TPSA) is 3.88 Å². The number of nitrogens with zero attached hydrogens (tertiary/aromatic N) is 1. The van der Waals surface area contributed by atoms with Gasteiger partial charge in [-0.15, -0.1) is 0 Å². The lowest BCUT2D eigenvalue weighted by Crippen LogP contribution is -3.00. The van der Waals surface area contributed by atoms with Crippen molar-refractivity contribution < 1.29 is 17.0 Å². The molecule has 0 radical (unpaired) electrons. The largest absolute Gasteiger partial charge is 1.00 e. The standard InChI is InChI=1S/C30H54N.ClH/c1-3-5-7-9-10-11-12-13-14-15-16-17-18-19-21-23-27-31-28-25-30(26-29-31)24-22-20-8-6-4-2;/h13-14,25-26,28-29H,3-12,15-24,27H2,1-2H3;1H/q+1;/p-1/b14-13-;. The summed E-state index contributed by atoms with van der Waals surface area (Å²) in [6, 6.07) is 4.67. The smallest absolute Gasteiger partial charge is 0.169 e. The lowest BCUT2D eigenvalue weighted by Gasteiger charge is -2.02. The highest BCUT2D eigenvalue weighted by molar-refractivity contribution is 5.07. The second kappa shape index (κ2) is 24.8. The van der Waals surface area contributed by atoms with Gasteiger partial charge in [-0.25, -0.2) is 4.57 Å². The van der Waals surface area contributed by atoms with Gasteiger partial charge in [0.05, 0.1) is 0 Å². The molecule has 0 saturated heterocycles. The summed E-state index contributed by atoms with van der Waals surface area (Å²) in [4.78, 5) is 0. The maximum absolute atomic E-state index is 2.43. The van der Waals surface area contributed by atoms with E-state index in [4.69, 9.17) is 0 Å². The molecule has 2 heteroatoms. The fourth-order valence-electron chi connectivity index (χ4n) is 4.28. The average Bonchev–Trinajstić information content (AvgIpc) is 2.79. The monoisotopic (exact) mass is 463 g/mol. The Morgan fingerprint density at radius 2 is 1.00 bits per heavy atom. The predicted molar refractivity (Wildman–Crippen MR) is 139 cm³/mol. The molecule has 0 atom stereocenters. The second-order valence-electron chi connectivity index (χ2n) is 9.55. The highest BCUT2D eigenvalue weighted by Crippen LogP contribution is 2.10. The first-order valence-corrected chi connectivity index (χ1v) is 14.0. The van der Waals surface area contributed by atoms with Crippen LogP contribution in [0.25, 0.3) is 0 Å². The van der Waals surface area contributed by atoms with Crippen LogP contribution in [0, 0.1) is 0 Å². The third-order valence-electron chi connectivity index (χ3n) is 6.46. The number of hydrogen-bond donors (Lipinski definition) is 0. The fourth-order valence-corrected chi connectivity index (χ4v) is 4.28. The molecule has 32 heavy (non-hydrogen) atoms. The van der Waals surface area contributed by atoms with Gasteiger partial charge in [-0.2, -0.15) is 0 Å². The van der Waals surface area contributed by atoms with Gasteiger partial charge in [0.2, 0.25) is 0 Å². The van der Waals surface area contributed by atoms with Gasteiger partial charge in [-0.05, 0) is 50.5 Å². The number of rotatable bonds is 22. The summed E-state index contributed by atoms with van der Waals surface area (Å²) in [5.41, 5.74) is 1.51. The summed E-state index contributed by atoms with van der Waals surface area (Å²) in [5, 5.41) is 0. The quantitative estimate of drug-likeness (QED) is 0.104. The molecule has 1 nitrogen and oxygen atoms in total. The summed E-state index contributed by atoms with van der Waals surface area (Å²) >= 11 is 0. The van der Waals surface area contributed by atoms with Gasteiger partial charge < -0.3 is 12.4 Å². The van der Waals surface area contributed by atoms with Crippen molar-refractivity contribution in [3.8, 4) is 0 Å². The molecule has 186 valence electrons. The SMILES string of the molecule is CCCCCCCC/C=C\CCCCCCCC[n+]1ccc(CCCCCCC)cc1.[Cl-]. The first-order valence-electron chi connectivity index (χ1n) is 14.0. The van der Waals surface area contributed by atoms with Crippen LogP contribution in [0.3, 0.4) is 0 Å². The zero-order valence-electron chi connectivity index (χ0n) is 21.6. The summed E-state index contributed by atoms with van der Waals surface area (Å²) in [7, 11) is 0. The minimum Gasteiger partial charge on any atom is -1.00 e. The van der Waals surface area contributed by atoms with Crippen LogP contribution in [0.1, 0.15) is 141 Å².